The molecule has 2 nitrogen and oxygen atoms in total. The van der Waals surface area contributed by atoms with Gasteiger partial charge in [-0.3, -0.25) is 0 Å². The summed E-state index contributed by atoms with van der Waals surface area (Å²) in [6.07, 6.45) is 3.93. The van der Waals surface area contributed by atoms with Crippen LogP contribution in [-0.2, 0) is 0 Å². The van der Waals surface area contributed by atoms with Gasteiger partial charge < -0.3 is 10.2 Å². The summed E-state index contributed by atoms with van der Waals surface area (Å²) in [7, 11) is 0. The van der Waals surface area contributed by atoms with Crippen molar-refractivity contribution in [2.45, 2.75) is 53.0 Å². The Morgan fingerprint density at radius 3 is 2.31 bits per heavy atom. The molecule has 0 amide bonds. The van der Waals surface area contributed by atoms with Crippen LogP contribution in [-0.4, -0.2) is 37.1 Å². The molecule has 1 fully saturated rings. The average molecular weight is 226 g/mol. The molecular formula is C14H30N2. The highest BCUT2D eigenvalue weighted by Gasteiger charge is 2.20. The van der Waals surface area contributed by atoms with E-state index >= 15 is 0 Å². The Morgan fingerprint density at radius 2 is 1.81 bits per heavy atom. The molecule has 1 N–H and O–H groups in total. The highest BCUT2D eigenvalue weighted by atomic mass is 15.1. The van der Waals surface area contributed by atoms with Crippen molar-refractivity contribution >= 4 is 0 Å². The predicted octanol–water partition coefficient (Wildman–Crippen LogP) is 2.74. The van der Waals surface area contributed by atoms with Gasteiger partial charge in [0.2, 0.25) is 0 Å². The molecule has 1 aliphatic heterocycles. The molecule has 0 bridgehead atoms. The van der Waals surface area contributed by atoms with Crippen LogP contribution in [0.2, 0.25) is 0 Å². The molecule has 0 spiro atoms. The standard InChI is InChI=1S/C14H30N2/c1-5-8-15-14-6-9-16(10-7-14)11-13(4)12(2)3/h12-15H,5-11H2,1-4H3. The van der Waals surface area contributed by atoms with Gasteiger partial charge >= 0.3 is 0 Å². The van der Waals surface area contributed by atoms with E-state index in [1.165, 1.54) is 45.4 Å². The maximum Gasteiger partial charge on any atom is 0.00914 e. The summed E-state index contributed by atoms with van der Waals surface area (Å²) in [4.78, 5) is 2.65. The van der Waals surface area contributed by atoms with E-state index in [2.05, 4.69) is 37.9 Å². The van der Waals surface area contributed by atoms with Crippen LogP contribution in [0.4, 0.5) is 0 Å². The van der Waals surface area contributed by atoms with Crippen molar-refractivity contribution < 1.29 is 0 Å². The van der Waals surface area contributed by atoms with Gasteiger partial charge in [0.25, 0.3) is 0 Å². The highest BCUT2D eigenvalue weighted by Crippen LogP contribution is 2.16. The zero-order valence-electron chi connectivity index (χ0n) is 11.6. The first-order chi connectivity index (χ1) is 7.63. The fraction of sp³-hybridized carbons (Fsp3) is 1.00. The van der Waals surface area contributed by atoms with Crippen molar-refractivity contribution in [3.05, 3.63) is 0 Å². The van der Waals surface area contributed by atoms with E-state index in [4.69, 9.17) is 0 Å². The van der Waals surface area contributed by atoms with Gasteiger partial charge in [-0.25, -0.2) is 0 Å². The lowest BCUT2D eigenvalue weighted by molar-refractivity contribution is 0.161. The van der Waals surface area contributed by atoms with Gasteiger partial charge in [0.05, 0.1) is 0 Å². The van der Waals surface area contributed by atoms with E-state index in [0.29, 0.717) is 0 Å². The van der Waals surface area contributed by atoms with Gasteiger partial charge in [0.15, 0.2) is 0 Å². The van der Waals surface area contributed by atoms with Gasteiger partial charge in [-0.05, 0) is 50.7 Å². The molecule has 1 rings (SSSR count). The lowest BCUT2D eigenvalue weighted by Gasteiger charge is -2.34. The molecule has 1 unspecified atom stereocenters. The summed E-state index contributed by atoms with van der Waals surface area (Å²) >= 11 is 0. The van der Waals surface area contributed by atoms with E-state index in [-0.39, 0.29) is 0 Å². The SMILES string of the molecule is CCCNC1CCN(CC(C)C(C)C)CC1. The molecule has 96 valence electrons. The van der Waals surface area contributed by atoms with Crippen LogP contribution in [0.1, 0.15) is 47.0 Å². The van der Waals surface area contributed by atoms with Crippen LogP contribution < -0.4 is 5.32 Å². The zero-order chi connectivity index (χ0) is 12.0. The zero-order valence-corrected chi connectivity index (χ0v) is 11.6. The summed E-state index contributed by atoms with van der Waals surface area (Å²) in [6.45, 7) is 14.3. The fourth-order valence-electron chi connectivity index (χ4n) is 2.29. The molecule has 0 aromatic rings. The van der Waals surface area contributed by atoms with E-state index in [1.54, 1.807) is 0 Å². The Balaban J connectivity index is 2.16. The van der Waals surface area contributed by atoms with Gasteiger partial charge in [-0.15, -0.1) is 0 Å². The number of likely N-dealkylation sites (tertiary alicyclic amines) is 1. The molecule has 0 saturated carbocycles. The molecule has 1 heterocycles. The van der Waals surface area contributed by atoms with Crippen molar-refractivity contribution in [3.63, 3.8) is 0 Å². The Labute approximate surface area is 102 Å². The van der Waals surface area contributed by atoms with Crippen molar-refractivity contribution in [3.8, 4) is 0 Å². The number of rotatable bonds is 6. The summed E-state index contributed by atoms with van der Waals surface area (Å²) in [5.74, 6) is 1.65. The summed E-state index contributed by atoms with van der Waals surface area (Å²) in [6, 6.07) is 0.783. The van der Waals surface area contributed by atoms with Crippen molar-refractivity contribution in [1.29, 1.82) is 0 Å². The minimum absolute atomic E-state index is 0.783. The summed E-state index contributed by atoms with van der Waals surface area (Å²) in [5.41, 5.74) is 0. The summed E-state index contributed by atoms with van der Waals surface area (Å²) in [5, 5.41) is 3.64. The van der Waals surface area contributed by atoms with Gasteiger partial charge in [0, 0.05) is 12.6 Å². The normalized spacial score (nSPS) is 21.6. The lowest BCUT2D eigenvalue weighted by Crippen LogP contribution is -2.44. The number of hydrogen-bond donors (Lipinski definition) is 1. The van der Waals surface area contributed by atoms with Crippen LogP contribution >= 0.6 is 0 Å². The monoisotopic (exact) mass is 226 g/mol. The smallest absolute Gasteiger partial charge is 0.00914 e. The molecule has 16 heavy (non-hydrogen) atoms. The second-order valence-electron chi connectivity index (χ2n) is 5.75. The maximum absolute atomic E-state index is 3.64. The first-order valence-electron chi connectivity index (χ1n) is 7.09. The Bertz CT molecular complexity index is 172. The molecule has 0 aliphatic carbocycles. The number of piperidine rings is 1. The number of nitrogens with one attached hydrogen (secondary N) is 1. The van der Waals surface area contributed by atoms with Crippen LogP contribution in [0.3, 0.4) is 0 Å². The molecular weight excluding hydrogens is 196 g/mol. The Morgan fingerprint density at radius 1 is 1.19 bits per heavy atom. The molecule has 1 atom stereocenters. The van der Waals surface area contributed by atoms with Gasteiger partial charge in [0.1, 0.15) is 0 Å². The van der Waals surface area contributed by atoms with Gasteiger partial charge in [-0.2, -0.15) is 0 Å². The van der Waals surface area contributed by atoms with Crippen LogP contribution in [0.5, 0.6) is 0 Å². The van der Waals surface area contributed by atoms with Crippen LogP contribution in [0.15, 0.2) is 0 Å². The Kier molecular flexibility index (Phi) is 6.37. The van der Waals surface area contributed by atoms with Gasteiger partial charge in [-0.1, -0.05) is 27.7 Å². The second kappa shape index (κ2) is 7.29. The molecule has 0 aromatic heterocycles. The number of nitrogens with zero attached hydrogens (tertiary/aromatic N) is 1. The minimum atomic E-state index is 0.783. The van der Waals surface area contributed by atoms with E-state index in [0.717, 1.165) is 17.9 Å². The Hall–Kier alpha value is -0.0800. The number of hydrogen-bond acceptors (Lipinski definition) is 2. The second-order valence-corrected chi connectivity index (χ2v) is 5.75. The molecule has 1 aliphatic rings. The lowest BCUT2D eigenvalue weighted by atomic mass is 9.96. The fourth-order valence-corrected chi connectivity index (χ4v) is 2.29. The van der Waals surface area contributed by atoms with Crippen LogP contribution in [0, 0.1) is 11.8 Å². The first-order valence-corrected chi connectivity index (χ1v) is 7.09. The predicted molar refractivity (Wildman–Crippen MR) is 71.8 cm³/mol. The molecule has 2 heteroatoms. The van der Waals surface area contributed by atoms with Crippen molar-refractivity contribution in [1.82, 2.24) is 10.2 Å². The van der Waals surface area contributed by atoms with E-state index < -0.39 is 0 Å². The highest BCUT2D eigenvalue weighted by molar-refractivity contribution is 4.78. The third-order valence-electron chi connectivity index (χ3n) is 3.95. The van der Waals surface area contributed by atoms with E-state index in [9.17, 15) is 0 Å². The quantitative estimate of drug-likeness (QED) is 0.749. The molecule has 0 radical (unpaired) electrons. The van der Waals surface area contributed by atoms with E-state index in [1.807, 2.05) is 0 Å². The molecule has 1 saturated heterocycles. The minimum Gasteiger partial charge on any atom is -0.314 e. The maximum atomic E-state index is 3.64. The van der Waals surface area contributed by atoms with Crippen LogP contribution in [0.25, 0.3) is 0 Å². The van der Waals surface area contributed by atoms with Crippen molar-refractivity contribution in [2.75, 3.05) is 26.2 Å². The third-order valence-corrected chi connectivity index (χ3v) is 3.95. The summed E-state index contributed by atoms with van der Waals surface area (Å²) < 4.78 is 0. The largest absolute Gasteiger partial charge is 0.314 e. The molecule has 0 aromatic carbocycles. The van der Waals surface area contributed by atoms with Crippen molar-refractivity contribution in [2.24, 2.45) is 11.8 Å². The topological polar surface area (TPSA) is 15.3 Å². The average Bonchev–Trinajstić information content (AvgIpc) is 2.28. The third kappa shape index (κ3) is 4.84. The first kappa shape index (κ1) is 14.0.